The zero-order valence-electron chi connectivity index (χ0n) is 12.8. The van der Waals surface area contributed by atoms with Crippen LogP contribution in [-0.2, 0) is 4.74 Å². The van der Waals surface area contributed by atoms with Crippen LogP contribution in [0.4, 0.5) is 0 Å². The van der Waals surface area contributed by atoms with Crippen LogP contribution < -0.4 is 0 Å². The van der Waals surface area contributed by atoms with Gasteiger partial charge in [0, 0.05) is 35.8 Å². The molecular formula is C18H19NO3S. The molecule has 2 aliphatic rings. The van der Waals surface area contributed by atoms with Crippen molar-refractivity contribution in [3.8, 4) is 11.1 Å². The molecule has 3 heterocycles. The van der Waals surface area contributed by atoms with E-state index in [1.165, 1.54) is 0 Å². The van der Waals surface area contributed by atoms with Gasteiger partial charge in [-0.3, -0.25) is 4.79 Å². The van der Waals surface area contributed by atoms with E-state index >= 15 is 0 Å². The van der Waals surface area contributed by atoms with Crippen molar-refractivity contribution in [2.45, 2.75) is 17.7 Å². The van der Waals surface area contributed by atoms with Gasteiger partial charge in [-0.25, -0.2) is 0 Å². The Labute approximate surface area is 139 Å². The van der Waals surface area contributed by atoms with Crippen molar-refractivity contribution in [2.24, 2.45) is 0 Å². The van der Waals surface area contributed by atoms with Crippen molar-refractivity contribution in [2.75, 3.05) is 25.5 Å². The lowest BCUT2D eigenvalue weighted by Crippen LogP contribution is -2.54. The Morgan fingerprint density at radius 1 is 1.22 bits per heavy atom. The van der Waals surface area contributed by atoms with Crippen LogP contribution in [-0.4, -0.2) is 47.6 Å². The number of fused-ring (bicyclic) bond motifs is 1. The number of nitrogens with zero attached hydrogens (tertiary/aromatic N) is 1. The Bertz CT molecular complexity index is 683. The van der Waals surface area contributed by atoms with Crippen LogP contribution in [0, 0.1) is 0 Å². The summed E-state index contributed by atoms with van der Waals surface area (Å²) in [6.07, 6.45) is 2.51. The van der Waals surface area contributed by atoms with Gasteiger partial charge in [-0.2, -0.15) is 11.8 Å². The second kappa shape index (κ2) is 6.42. The van der Waals surface area contributed by atoms with Crippen molar-refractivity contribution < 1.29 is 13.9 Å². The van der Waals surface area contributed by atoms with Crippen LogP contribution in [0.1, 0.15) is 17.0 Å². The van der Waals surface area contributed by atoms with E-state index in [1.54, 1.807) is 6.26 Å². The average molecular weight is 329 g/mol. The molecule has 0 spiro atoms. The molecule has 1 aromatic heterocycles. The molecule has 120 valence electrons. The Morgan fingerprint density at radius 3 is 2.96 bits per heavy atom. The molecule has 0 unspecified atom stereocenters. The fourth-order valence-electron chi connectivity index (χ4n) is 3.39. The van der Waals surface area contributed by atoms with Crippen molar-refractivity contribution >= 4 is 17.7 Å². The fourth-order valence-corrected chi connectivity index (χ4v) is 4.69. The summed E-state index contributed by atoms with van der Waals surface area (Å²) in [4.78, 5) is 15.1. The molecular weight excluding hydrogens is 310 g/mol. The Hall–Kier alpha value is -1.72. The molecule has 1 amide bonds. The lowest BCUT2D eigenvalue weighted by atomic mass is 10.0. The molecule has 4 rings (SSSR count). The highest BCUT2D eigenvalue weighted by Gasteiger charge is 2.38. The van der Waals surface area contributed by atoms with Gasteiger partial charge < -0.3 is 14.1 Å². The summed E-state index contributed by atoms with van der Waals surface area (Å²) in [5.74, 6) is 1.41. The molecule has 2 saturated heterocycles. The summed E-state index contributed by atoms with van der Waals surface area (Å²) in [7, 11) is 0. The monoisotopic (exact) mass is 329 g/mol. The molecule has 0 bridgehead atoms. The first-order chi connectivity index (χ1) is 11.3. The number of ether oxygens (including phenoxy) is 1. The van der Waals surface area contributed by atoms with Crippen LogP contribution in [0.25, 0.3) is 11.1 Å². The number of carbonyl (C=O) groups is 1. The highest BCUT2D eigenvalue weighted by molar-refractivity contribution is 8.00. The SMILES string of the molecule is O=C(c1occc1-c1ccccc1)N1CCS[C@H]2COCC[C@@H]21. The van der Waals surface area contributed by atoms with E-state index in [4.69, 9.17) is 9.15 Å². The highest BCUT2D eigenvalue weighted by Crippen LogP contribution is 2.33. The third-order valence-electron chi connectivity index (χ3n) is 4.54. The van der Waals surface area contributed by atoms with Crippen molar-refractivity contribution in [1.29, 1.82) is 0 Å². The van der Waals surface area contributed by atoms with Gasteiger partial charge in [-0.15, -0.1) is 0 Å². The lowest BCUT2D eigenvalue weighted by molar-refractivity contribution is 0.0301. The normalized spacial score (nSPS) is 24.3. The van der Waals surface area contributed by atoms with Gasteiger partial charge in [0.25, 0.3) is 5.91 Å². The van der Waals surface area contributed by atoms with E-state index in [0.29, 0.717) is 11.0 Å². The maximum absolute atomic E-state index is 13.1. The number of benzene rings is 1. The minimum atomic E-state index is 0.00560. The number of thioether (sulfide) groups is 1. The molecule has 0 saturated carbocycles. The highest BCUT2D eigenvalue weighted by atomic mass is 32.2. The fraction of sp³-hybridized carbons (Fsp3) is 0.389. The van der Waals surface area contributed by atoms with E-state index in [1.807, 2.05) is 53.1 Å². The van der Waals surface area contributed by atoms with Crippen LogP contribution in [0.3, 0.4) is 0 Å². The summed E-state index contributed by atoms with van der Waals surface area (Å²) < 4.78 is 11.2. The zero-order valence-corrected chi connectivity index (χ0v) is 13.6. The third-order valence-corrected chi connectivity index (χ3v) is 5.84. The quantitative estimate of drug-likeness (QED) is 0.848. The molecule has 4 nitrogen and oxygen atoms in total. The summed E-state index contributed by atoms with van der Waals surface area (Å²) in [6.45, 7) is 2.25. The maximum Gasteiger partial charge on any atom is 0.290 e. The second-order valence-electron chi connectivity index (χ2n) is 5.87. The van der Waals surface area contributed by atoms with E-state index < -0.39 is 0 Å². The second-order valence-corrected chi connectivity index (χ2v) is 7.22. The Morgan fingerprint density at radius 2 is 2.09 bits per heavy atom. The molecule has 0 N–H and O–H groups in total. The van der Waals surface area contributed by atoms with Crippen LogP contribution in [0.5, 0.6) is 0 Å². The first-order valence-electron chi connectivity index (χ1n) is 7.98. The minimum Gasteiger partial charge on any atom is -0.459 e. The summed E-state index contributed by atoms with van der Waals surface area (Å²) in [5, 5.41) is 0.386. The standard InChI is InChI=1S/C18H19NO3S/c20-18(19-8-11-23-16-12-21-9-7-15(16)19)17-14(6-10-22-17)13-4-2-1-3-5-13/h1-6,10,15-16H,7-9,11-12H2/t15-,16-/m0/s1. The van der Waals surface area contributed by atoms with Gasteiger partial charge >= 0.3 is 0 Å². The molecule has 2 aromatic rings. The number of rotatable bonds is 2. The first-order valence-corrected chi connectivity index (χ1v) is 9.02. The number of amides is 1. The lowest BCUT2D eigenvalue weighted by Gasteiger charge is -2.43. The molecule has 2 fully saturated rings. The van der Waals surface area contributed by atoms with Gasteiger partial charge in [-0.05, 0) is 18.1 Å². The van der Waals surface area contributed by atoms with Crippen molar-refractivity contribution in [3.05, 3.63) is 48.4 Å². The van der Waals surface area contributed by atoms with E-state index in [0.717, 1.165) is 43.1 Å². The van der Waals surface area contributed by atoms with Crippen molar-refractivity contribution in [3.63, 3.8) is 0 Å². The predicted molar refractivity (Wildman–Crippen MR) is 90.7 cm³/mol. The number of carbonyl (C=O) groups excluding carboxylic acids is 1. The summed E-state index contributed by atoms with van der Waals surface area (Å²) in [6, 6.07) is 12.1. The maximum atomic E-state index is 13.1. The Balaban J connectivity index is 1.63. The molecule has 2 atom stereocenters. The smallest absolute Gasteiger partial charge is 0.290 e. The average Bonchev–Trinajstić information content (AvgIpc) is 3.11. The van der Waals surface area contributed by atoms with Crippen LogP contribution in [0.2, 0.25) is 0 Å². The number of hydrogen-bond donors (Lipinski definition) is 0. The van der Waals surface area contributed by atoms with Crippen LogP contribution >= 0.6 is 11.8 Å². The van der Waals surface area contributed by atoms with Gasteiger partial charge in [0.2, 0.25) is 0 Å². The molecule has 5 heteroatoms. The van der Waals surface area contributed by atoms with Gasteiger partial charge in [0.1, 0.15) is 0 Å². The Kier molecular flexibility index (Phi) is 4.14. The van der Waals surface area contributed by atoms with Gasteiger partial charge in [-0.1, -0.05) is 30.3 Å². The van der Waals surface area contributed by atoms with Crippen molar-refractivity contribution in [1.82, 2.24) is 4.90 Å². The number of furan rings is 1. The van der Waals surface area contributed by atoms with E-state index in [9.17, 15) is 4.79 Å². The molecule has 2 aliphatic heterocycles. The van der Waals surface area contributed by atoms with Gasteiger partial charge in [0.05, 0.1) is 12.9 Å². The molecule has 0 radical (unpaired) electrons. The minimum absolute atomic E-state index is 0.00560. The molecule has 1 aromatic carbocycles. The topological polar surface area (TPSA) is 42.7 Å². The zero-order chi connectivity index (χ0) is 15.6. The molecule has 0 aliphatic carbocycles. The summed E-state index contributed by atoms with van der Waals surface area (Å²) >= 11 is 1.92. The van der Waals surface area contributed by atoms with E-state index in [-0.39, 0.29) is 11.9 Å². The largest absolute Gasteiger partial charge is 0.459 e. The number of hydrogen-bond acceptors (Lipinski definition) is 4. The third kappa shape index (κ3) is 2.79. The predicted octanol–water partition coefficient (Wildman–Crippen LogP) is 3.29. The van der Waals surface area contributed by atoms with Gasteiger partial charge in [0.15, 0.2) is 5.76 Å². The first kappa shape index (κ1) is 14.8. The summed E-state index contributed by atoms with van der Waals surface area (Å²) in [5.41, 5.74) is 1.89. The van der Waals surface area contributed by atoms with Crippen LogP contribution in [0.15, 0.2) is 47.1 Å². The van der Waals surface area contributed by atoms with E-state index in [2.05, 4.69) is 0 Å². The molecule has 23 heavy (non-hydrogen) atoms.